The Kier molecular flexibility index (Phi) is 4.94. The second-order valence-corrected chi connectivity index (χ2v) is 6.44. The molecule has 6 heteroatoms. The number of carbonyl (C=O) groups excluding carboxylic acids is 1. The van der Waals surface area contributed by atoms with Gasteiger partial charge in [-0.1, -0.05) is 43.3 Å². The monoisotopic (exact) mass is 329 g/mol. The second-order valence-electron chi connectivity index (χ2n) is 6.44. The fourth-order valence-electron chi connectivity index (χ4n) is 3.05. The molecule has 1 fully saturated rings. The summed E-state index contributed by atoms with van der Waals surface area (Å²) in [7, 11) is 1.42. The molecule has 1 unspecified atom stereocenters. The van der Waals surface area contributed by atoms with Gasteiger partial charge in [-0.3, -0.25) is 9.69 Å². The summed E-state index contributed by atoms with van der Waals surface area (Å²) in [4.78, 5) is 18.3. The van der Waals surface area contributed by atoms with Crippen LogP contribution in [0.5, 0.6) is 0 Å². The maximum atomic E-state index is 11.8. The van der Waals surface area contributed by atoms with Crippen molar-refractivity contribution in [1.29, 1.82) is 0 Å². The molecule has 2 heterocycles. The van der Waals surface area contributed by atoms with Crippen LogP contribution in [-0.2, 0) is 16.1 Å². The van der Waals surface area contributed by atoms with Crippen LogP contribution in [0, 0.1) is 0 Å². The number of hydrogen-bond acceptors (Lipinski definition) is 6. The van der Waals surface area contributed by atoms with Crippen LogP contribution in [0.15, 0.2) is 28.8 Å². The lowest BCUT2D eigenvalue weighted by atomic mass is 10.0. The Morgan fingerprint density at radius 2 is 2.12 bits per heavy atom. The van der Waals surface area contributed by atoms with E-state index in [4.69, 9.17) is 9.26 Å². The lowest BCUT2D eigenvalue weighted by molar-refractivity contribution is -0.146. The normalized spacial score (nSPS) is 18.2. The minimum absolute atomic E-state index is 0.198. The summed E-state index contributed by atoms with van der Waals surface area (Å²) in [6.45, 7) is 5.63. The minimum Gasteiger partial charge on any atom is -0.468 e. The van der Waals surface area contributed by atoms with E-state index in [1.54, 1.807) is 0 Å². The van der Waals surface area contributed by atoms with Crippen LogP contribution in [0.2, 0.25) is 0 Å². The van der Waals surface area contributed by atoms with E-state index < -0.39 is 0 Å². The average molecular weight is 329 g/mol. The first-order valence-electron chi connectivity index (χ1n) is 8.33. The third-order valence-corrected chi connectivity index (χ3v) is 4.48. The fourth-order valence-corrected chi connectivity index (χ4v) is 3.05. The lowest BCUT2D eigenvalue weighted by Gasteiger charge is -2.19. The van der Waals surface area contributed by atoms with Gasteiger partial charge in [0.05, 0.1) is 13.7 Å². The highest BCUT2D eigenvalue weighted by molar-refractivity contribution is 5.75. The van der Waals surface area contributed by atoms with E-state index in [-0.39, 0.29) is 12.0 Å². The van der Waals surface area contributed by atoms with Crippen LogP contribution < -0.4 is 0 Å². The summed E-state index contributed by atoms with van der Waals surface area (Å²) in [5.41, 5.74) is 2.21. The van der Waals surface area contributed by atoms with E-state index in [1.807, 2.05) is 17.0 Å². The molecule has 1 aliphatic rings. The quantitative estimate of drug-likeness (QED) is 0.786. The number of carbonyl (C=O) groups is 1. The molecule has 3 rings (SSSR count). The molecule has 1 aliphatic heterocycles. The number of esters is 1. The van der Waals surface area contributed by atoms with Gasteiger partial charge in [0, 0.05) is 5.56 Å². The molecule has 0 amide bonds. The Balaban J connectivity index is 1.70. The summed E-state index contributed by atoms with van der Waals surface area (Å²) in [5, 5.41) is 4.06. The Morgan fingerprint density at radius 3 is 2.79 bits per heavy atom. The number of nitrogens with zero attached hydrogens (tertiary/aromatic N) is 3. The number of ether oxygens (including phenoxy) is 1. The first-order valence-corrected chi connectivity index (χ1v) is 8.33. The Morgan fingerprint density at radius 1 is 1.38 bits per heavy atom. The zero-order chi connectivity index (χ0) is 17.1. The first kappa shape index (κ1) is 16.6. The Hall–Kier alpha value is -2.21. The van der Waals surface area contributed by atoms with Gasteiger partial charge in [0.25, 0.3) is 0 Å². The molecule has 6 nitrogen and oxygen atoms in total. The molecular weight excluding hydrogens is 306 g/mol. The van der Waals surface area contributed by atoms with E-state index >= 15 is 0 Å². The molecule has 1 aromatic carbocycles. The van der Waals surface area contributed by atoms with Crippen LogP contribution >= 0.6 is 0 Å². The molecule has 1 aromatic heterocycles. The van der Waals surface area contributed by atoms with Crippen LogP contribution in [-0.4, -0.2) is 40.7 Å². The zero-order valence-electron chi connectivity index (χ0n) is 14.4. The molecule has 0 aliphatic carbocycles. The second kappa shape index (κ2) is 7.13. The van der Waals surface area contributed by atoms with E-state index in [1.165, 1.54) is 12.7 Å². The molecule has 0 spiro atoms. The average Bonchev–Trinajstić information content (AvgIpc) is 3.24. The maximum absolute atomic E-state index is 11.8. The summed E-state index contributed by atoms with van der Waals surface area (Å²) in [6.07, 6.45) is 1.78. The van der Waals surface area contributed by atoms with Crippen LogP contribution in [0.25, 0.3) is 11.4 Å². The van der Waals surface area contributed by atoms with E-state index in [0.717, 1.165) is 24.9 Å². The molecule has 2 aromatic rings. The number of aromatic nitrogens is 2. The van der Waals surface area contributed by atoms with Gasteiger partial charge < -0.3 is 9.26 Å². The van der Waals surface area contributed by atoms with Gasteiger partial charge in [-0.25, -0.2) is 0 Å². The molecular formula is C18H23N3O3. The van der Waals surface area contributed by atoms with Crippen molar-refractivity contribution >= 4 is 5.97 Å². The lowest BCUT2D eigenvalue weighted by Crippen LogP contribution is -2.36. The Labute approximate surface area is 141 Å². The molecule has 0 bridgehead atoms. The molecule has 1 saturated heterocycles. The van der Waals surface area contributed by atoms with E-state index in [0.29, 0.717) is 24.2 Å². The van der Waals surface area contributed by atoms with E-state index in [2.05, 4.69) is 36.1 Å². The van der Waals surface area contributed by atoms with Crippen LogP contribution in [0.1, 0.15) is 44.1 Å². The van der Waals surface area contributed by atoms with Gasteiger partial charge in [0.1, 0.15) is 6.04 Å². The van der Waals surface area contributed by atoms with Crippen LogP contribution in [0.4, 0.5) is 0 Å². The summed E-state index contributed by atoms with van der Waals surface area (Å²) < 4.78 is 10.2. The van der Waals surface area contributed by atoms with Crippen molar-refractivity contribution < 1.29 is 14.1 Å². The van der Waals surface area contributed by atoms with Gasteiger partial charge in [-0.15, -0.1) is 0 Å². The summed E-state index contributed by atoms with van der Waals surface area (Å²) in [6, 6.07) is 7.98. The van der Waals surface area contributed by atoms with Gasteiger partial charge in [-0.05, 0) is 30.9 Å². The Bertz CT molecular complexity index is 694. The standard InChI is InChI=1S/C18H23N3O3/c1-12(2)13-6-8-14(9-7-13)17-19-16(24-20-17)11-21-10-4-5-15(21)18(22)23-3/h6-9,12,15H,4-5,10-11H2,1-3H3. The largest absolute Gasteiger partial charge is 0.468 e. The zero-order valence-corrected chi connectivity index (χ0v) is 14.4. The molecule has 1 atom stereocenters. The topological polar surface area (TPSA) is 68.5 Å². The summed E-state index contributed by atoms with van der Waals surface area (Å²) in [5.74, 6) is 1.39. The van der Waals surface area contributed by atoms with Gasteiger partial charge in [0.15, 0.2) is 0 Å². The predicted molar refractivity (Wildman–Crippen MR) is 89.3 cm³/mol. The fraction of sp³-hybridized carbons (Fsp3) is 0.500. The maximum Gasteiger partial charge on any atom is 0.323 e. The molecule has 128 valence electrons. The number of methoxy groups -OCH3 is 1. The molecule has 24 heavy (non-hydrogen) atoms. The number of likely N-dealkylation sites (tertiary alicyclic amines) is 1. The third kappa shape index (κ3) is 3.48. The van der Waals surface area contributed by atoms with Crippen molar-refractivity contribution in [2.45, 2.75) is 45.2 Å². The van der Waals surface area contributed by atoms with Crippen molar-refractivity contribution in [2.75, 3.05) is 13.7 Å². The summed E-state index contributed by atoms with van der Waals surface area (Å²) >= 11 is 0. The SMILES string of the molecule is COC(=O)C1CCCN1Cc1nc(-c2ccc(C(C)C)cc2)no1. The van der Waals surface area contributed by atoms with Gasteiger partial charge >= 0.3 is 5.97 Å². The van der Waals surface area contributed by atoms with Crippen molar-refractivity contribution in [3.63, 3.8) is 0 Å². The minimum atomic E-state index is -0.212. The van der Waals surface area contributed by atoms with E-state index in [9.17, 15) is 4.79 Å². The molecule has 0 saturated carbocycles. The van der Waals surface area contributed by atoms with Crippen molar-refractivity contribution in [1.82, 2.24) is 15.0 Å². The van der Waals surface area contributed by atoms with Crippen LogP contribution in [0.3, 0.4) is 0 Å². The van der Waals surface area contributed by atoms with Gasteiger partial charge in [-0.2, -0.15) is 4.98 Å². The highest BCUT2D eigenvalue weighted by Gasteiger charge is 2.32. The smallest absolute Gasteiger partial charge is 0.323 e. The highest BCUT2D eigenvalue weighted by Crippen LogP contribution is 2.23. The first-order chi connectivity index (χ1) is 11.6. The van der Waals surface area contributed by atoms with Crippen molar-refractivity contribution in [3.05, 3.63) is 35.7 Å². The number of benzene rings is 1. The number of rotatable bonds is 5. The van der Waals surface area contributed by atoms with Crippen molar-refractivity contribution in [2.24, 2.45) is 0 Å². The predicted octanol–water partition coefficient (Wildman–Crippen LogP) is 3.00. The molecule has 0 radical (unpaired) electrons. The number of hydrogen-bond donors (Lipinski definition) is 0. The van der Waals surface area contributed by atoms with Gasteiger partial charge in [0.2, 0.25) is 11.7 Å². The highest BCUT2D eigenvalue weighted by atomic mass is 16.5. The van der Waals surface area contributed by atoms with Crippen molar-refractivity contribution in [3.8, 4) is 11.4 Å². The molecule has 0 N–H and O–H groups in total. The third-order valence-electron chi connectivity index (χ3n) is 4.48.